The molecule has 6 nitrogen and oxygen atoms in total. The van der Waals surface area contributed by atoms with E-state index < -0.39 is 0 Å². The van der Waals surface area contributed by atoms with Gasteiger partial charge in [-0.25, -0.2) is 0 Å². The third-order valence-electron chi connectivity index (χ3n) is 3.90. The van der Waals surface area contributed by atoms with Crippen molar-refractivity contribution in [3.8, 4) is 11.5 Å². The fourth-order valence-electron chi connectivity index (χ4n) is 2.40. The minimum Gasteiger partial charge on any atom is -0.494 e. The van der Waals surface area contributed by atoms with Gasteiger partial charge in [-0.3, -0.25) is 10.1 Å². The van der Waals surface area contributed by atoms with Gasteiger partial charge in [0.1, 0.15) is 18.1 Å². The number of benzene rings is 2. The van der Waals surface area contributed by atoms with Crippen LogP contribution in [0.2, 0.25) is 0 Å². The topological polar surface area (TPSA) is 68.8 Å². The number of thiocarbonyl (C=S) groups is 1. The van der Waals surface area contributed by atoms with Gasteiger partial charge in [0, 0.05) is 23.9 Å². The maximum Gasteiger partial charge on any atom is 0.257 e. The first kappa shape index (κ1) is 22.6. The Kier molecular flexibility index (Phi) is 9.95. The quantitative estimate of drug-likeness (QED) is 0.418. The van der Waals surface area contributed by atoms with Crippen molar-refractivity contribution in [3.05, 3.63) is 54.1 Å². The molecule has 0 atom stereocenters. The van der Waals surface area contributed by atoms with E-state index in [-0.39, 0.29) is 11.0 Å². The molecule has 2 aromatic carbocycles. The second-order valence-corrected chi connectivity index (χ2v) is 6.62. The fraction of sp³-hybridized carbons (Fsp3) is 0.364. The van der Waals surface area contributed by atoms with Crippen molar-refractivity contribution < 1.29 is 19.0 Å². The zero-order chi connectivity index (χ0) is 20.9. The number of rotatable bonds is 11. The second kappa shape index (κ2) is 12.7. The number of hydrogen-bond acceptors (Lipinski definition) is 5. The summed E-state index contributed by atoms with van der Waals surface area (Å²) in [5, 5.41) is 5.88. The first-order valence-electron chi connectivity index (χ1n) is 9.78. The van der Waals surface area contributed by atoms with Crippen LogP contribution >= 0.6 is 12.2 Å². The third-order valence-corrected chi connectivity index (χ3v) is 4.11. The molecule has 0 aliphatic heterocycles. The summed E-state index contributed by atoms with van der Waals surface area (Å²) < 4.78 is 16.5. The lowest BCUT2D eigenvalue weighted by Crippen LogP contribution is -2.34. The van der Waals surface area contributed by atoms with E-state index in [1.165, 1.54) is 0 Å². The molecule has 2 aromatic rings. The Bertz CT molecular complexity index is 781. The first-order chi connectivity index (χ1) is 14.1. The lowest BCUT2D eigenvalue weighted by atomic mass is 10.2. The van der Waals surface area contributed by atoms with E-state index in [1.807, 2.05) is 31.2 Å². The molecule has 0 radical (unpaired) electrons. The Hall–Kier alpha value is -2.64. The zero-order valence-corrected chi connectivity index (χ0v) is 17.7. The Balaban J connectivity index is 1.83. The highest BCUT2D eigenvalue weighted by atomic mass is 32.1. The summed E-state index contributed by atoms with van der Waals surface area (Å²) >= 11 is 5.25. The molecule has 0 unspecified atom stereocenters. The fourth-order valence-corrected chi connectivity index (χ4v) is 2.61. The van der Waals surface area contributed by atoms with Gasteiger partial charge in [0.05, 0.1) is 13.2 Å². The molecular formula is C22H28N2O4S. The third kappa shape index (κ3) is 8.50. The SMILES string of the molecule is CCCCOc1ccc(C(=O)NC(=S)Nc2cccc(OCCOCC)c2)cc1. The van der Waals surface area contributed by atoms with Crippen molar-refractivity contribution in [1.29, 1.82) is 0 Å². The molecule has 0 saturated carbocycles. The highest BCUT2D eigenvalue weighted by molar-refractivity contribution is 7.80. The van der Waals surface area contributed by atoms with E-state index in [0.717, 1.165) is 24.3 Å². The van der Waals surface area contributed by atoms with Crippen LogP contribution in [0.5, 0.6) is 11.5 Å². The molecule has 0 bridgehead atoms. The molecular weight excluding hydrogens is 388 g/mol. The molecule has 0 aliphatic rings. The van der Waals surface area contributed by atoms with Gasteiger partial charge < -0.3 is 19.5 Å². The summed E-state index contributed by atoms with van der Waals surface area (Å²) in [5.41, 5.74) is 1.23. The Morgan fingerprint density at radius 3 is 2.45 bits per heavy atom. The lowest BCUT2D eigenvalue weighted by Gasteiger charge is -2.12. The molecule has 1 amide bonds. The van der Waals surface area contributed by atoms with E-state index in [4.69, 9.17) is 26.4 Å². The Labute approximate surface area is 177 Å². The van der Waals surface area contributed by atoms with Crippen LogP contribution in [0.1, 0.15) is 37.0 Å². The summed E-state index contributed by atoms with van der Waals surface area (Å²) in [6.45, 7) is 6.38. The van der Waals surface area contributed by atoms with Gasteiger partial charge in [-0.1, -0.05) is 19.4 Å². The van der Waals surface area contributed by atoms with E-state index in [1.54, 1.807) is 24.3 Å². The van der Waals surface area contributed by atoms with E-state index >= 15 is 0 Å². The van der Waals surface area contributed by atoms with Gasteiger partial charge in [-0.2, -0.15) is 0 Å². The minimum atomic E-state index is -0.285. The van der Waals surface area contributed by atoms with Gasteiger partial charge in [0.25, 0.3) is 5.91 Å². The van der Waals surface area contributed by atoms with Crippen molar-refractivity contribution >= 4 is 28.9 Å². The van der Waals surface area contributed by atoms with Crippen molar-refractivity contribution in [2.75, 3.05) is 31.7 Å². The molecule has 0 aromatic heterocycles. The number of anilines is 1. The maximum atomic E-state index is 12.4. The molecule has 0 fully saturated rings. The summed E-state index contributed by atoms with van der Waals surface area (Å²) in [7, 11) is 0. The molecule has 29 heavy (non-hydrogen) atoms. The number of hydrogen-bond donors (Lipinski definition) is 2. The number of nitrogens with one attached hydrogen (secondary N) is 2. The average molecular weight is 417 g/mol. The van der Waals surface area contributed by atoms with Crippen LogP contribution in [0, 0.1) is 0 Å². The van der Waals surface area contributed by atoms with Crippen molar-refractivity contribution in [2.24, 2.45) is 0 Å². The van der Waals surface area contributed by atoms with Crippen molar-refractivity contribution in [1.82, 2.24) is 5.32 Å². The Morgan fingerprint density at radius 1 is 0.966 bits per heavy atom. The highest BCUT2D eigenvalue weighted by Crippen LogP contribution is 2.17. The van der Waals surface area contributed by atoms with Crippen LogP contribution < -0.4 is 20.1 Å². The molecule has 2 N–H and O–H groups in total. The summed E-state index contributed by atoms with van der Waals surface area (Å²) in [6, 6.07) is 14.3. The van der Waals surface area contributed by atoms with Crippen molar-refractivity contribution in [2.45, 2.75) is 26.7 Å². The predicted octanol–water partition coefficient (Wildman–Crippen LogP) is 4.41. The molecule has 0 aliphatic carbocycles. The molecule has 7 heteroatoms. The first-order valence-corrected chi connectivity index (χ1v) is 10.2. The number of ether oxygens (including phenoxy) is 3. The van der Waals surface area contributed by atoms with Gasteiger partial charge in [-0.05, 0) is 62.0 Å². The minimum absolute atomic E-state index is 0.213. The van der Waals surface area contributed by atoms with Gasteiger partial charge >= 0.3 is 0 Å². The van der Waals surface area contributed by atoms with E-state index in [2.05, 4.69) is 17.6 Å². The second-order valence-electron chi connectivity index (χ2n) is 6.21. The molecule has 2 rings (SSSR count). The van der Waals surface area contributed by atoms with Crippen LogP contribution in [-0.2, 0) is 4.74 Å². The van der Waals surface area contributed by atoms with Crippen LogP contribution in [0.3, 0.4) is 0 Å². The van der Waals surface area contributed by atoms with E-state index in [9.17, 15) is 4.79 Å². The average Bonchev–Trinajstić information content (AvgIpc) is 2.72. The maximum absolute atomic E-state index is 12.4. The van der Waals surface area contributed by atoms with Gasteiger partial charge in [-0.15, -0.1) is 0 Å². The van der Waals surface area contributed by atoms with Gasteiger partial charge in [0.15, 0.2) is 5.11 Å². The monoisotopic (exact) mass is 416 g/mol. The van der Waals surface area contributed by atoms with Crippen LogP contribution in [0.4, 0.5) is 5.69 Å². The van der Waals surface area contributed by atoms with E-state index in [0.29, 0.717) is 37.7 Å². The summed E-state index contributed by atoms with van der Waals surface area (Å²) in [6.07, 6.45) is 2.08. The number of amides is 1. The molecule has 0 saturated heterocycles. The van der Waals surface area contributed by atoms with Crippen LogP contribution in [0.25, 0.3) is 0 Å². The van der Waals surface area contributed by atoms with Crippen molar-refractivity contribution in [3.63, 3.8) is 0 Å². The smallest absolute Gasteiger partial charge is 0.257 e. The largest absolute Gasteiger partial charge is 0.494 e. The van der Waals surface area contributed by atoms with Gasteiger partial charge in [0.2, 0.25) is 0 Å². The number of carbonyl (C=O) groups is 1. The standard InChI is InChI=1S/C22H28N2O4S/c1-3-5-13-27-19-11-9-17(10-12-19)21(25)24-22(29)23-18-7-6-8-20(16-18)28-15-14-26-4-2/h6-12,16H,3-5,13-15H2,1-2H3,(H2,23,24,25,29). The van der Waals surface area contributed by atoms with Crippen LogP contribution in [0.15, 0.2) is 48.5 Å². The van der Waals surface area contributed by atoms with Crippen LogP contribution in [-0.4, -0.2) is 37.4 Å². The molecule has 0 heterocycles. The summed E-state index contributed by atoms with van der Waals surface area (Å²) in [5.74, 6) is 1.16. The summed E-state index contributed by atoms with van der Waals surface area (Å²) in [4.78, 5) is 12.4. The molecule has 0 spiro atoms. The lowest BCUT2D eigenvalue weighted by molar-refractivity contribution is 0.0977. The zero-order valence-electron chi connectivity index (χ0n) is 16.9. The predicted molar refractivity (Wildman–Crippen MR) is 119 cm³/mol. The number of unbranched alkanes of at least 4 members (excludes halogenated alkanes) is 1. The Morgan fingerprint density at radius 2 is 1.72 bits per heavy atom. The normalized spacial score (nSPS) is 10.3. The number of carbonyl (C=O) groups excluding carboxylic acids is 1. The highest BCUT2D eigenvalue weighted by Gasteiger charge is 2.09. The molecule has 156 valence electrons.